The van der Waals surface area contributed by atoms with Crippen LogP contribution in [-0.2, 0) is 14.4 Å². The van der Waals surface area contributed by atoms with Crippen molar-refractivity contribution in [2.75, 3.05) is 18.4 Å². The predicted octanol–water partition coefficient (Wildman–Crippen LogP) is 2.46. The van der Waals surface area contributed by atoms with E-state index in [0.29, 0.717) is 5.69 Å². The molecule has 7 nitrogen and oxygen atoms in total. The number of fused-ring (bicyclic) bond motifs is 1. The van der Waals surface area contributed by atoms with Gasteiger partial charge in [-0.1, -0.05) is 6.07 Å². The Hall–Kier alpha value is -3.26. The van der Waals surface area contributed by atoms with Gasteiger partial charge >= 0.3 is 11.8 Å². The number of thiazole rings is 1. The molecule has 3 aromatic rings. The molecule has 144 valence electrons. The highest BCUT2D eigenvalue weighted by molar-refractivity contribution is 7.21. The number of nitrogens with one attached hydrogen (secondary N) is 3. The van der Waals surface area contributed by atoms with Crippen molar-refractivity contribution < 1.29 is 14.4 Å². The molecule has 0 atom stereocenters. The zero-order valence-corrected chi connectivity index (χ0v) is 16.4. The number of rotatable bonds is 5. The van der Waals surface area contributed by atoms with E-state index in [1.807, 2.05) is 31.2 Å². The molecule has 28 heavy (non-hydrogen) atoms. The zero-order chi connectivity index (χ0) is 20.1. The number of carbonyl (C=O) groups excluding carboxylic acids is 3. The molecule has 0 fully saturated rings. The van der Waals surface area contributed by atoms with E-state index in [1.54, 1.807) is 23.5 Å². The van der Waals surface area contributed by atoms with Crippen LogP contribution < -0.4 is 16.0 Å². The number of hydrogen-bond donors (Lipinski definition) is 3. The molecule has 8 heteroatoms. The predicted molar refractivity (Wildman–Crippen MR) is 110 cm³/mol. The smallest absolute Gasteiger partial charge is 0.313 e. The van der Waals surface area contributed by atoms with Gasteiger partial charge in [-0.3, -0.25) is 14.4 Å². The summed E-state index contributed by atoms with van der Waals surface area (Å²) < 4.78 is 1.13. The second-order valence-electron chi connectivity index (χ2n) is 6.26. The molecule has 3 amide bonds. The maximum Gasteiger partial charge on any atom is 0.313 e. The van der Waals surface area contributed by atoms with Crippen molar-refractivity contribution in [2.45, 2.75) is 13.8 Å². The number of aromatic nitrogens is 1. The van der Waals surface area contributed by atoms with Crippen molar-refractivity contribution in [3.05, 3.63) is 48.0 Å². The first-order valence-corrected chi connectivity index (χ1v) is 9.55. The molecule has 3 N–H and O–H groups in total. The van der Waals surface area contributed by atoms with Crippen molar-refractivity contribution in [3.8, 4) is 10.6 Å². The number of carbonyl (C=O) groups is 3. The maximum absolute atomic E-state index is 11.9. The molecular weight excluding hydrogens is 376 g/mol. The fraction of sp³-hybridized carbons (Fsp3) is 0.200. The lowest BCUT2D eigenvalue weighted by Crippen LogP contribution is -2.39. The average molecular weight is 396 g/mol. The van der Waals surface area contributed by atoms with E-state index in [4.69, 9.17) is 0 Å². The first-order chi connectivity index (χ1) is 13.4. The van der Waals surface area contributed by atoms with Gasteiger partial charge < -0.3 is 16.0 Å². The van der Waals surface area contributed by atoms with Crippen molar-refractivity contribution in [1.29, 1.82) is 0 Å². The van der Waals surface area contributed by atoms with Crippen molar-refractivity contribution in [2.24, 2.45) is 0 Å². The minimum Gasteiger partial charge on any atom is -0.355 e. The Labute approximate surface area is 166 Å². The number of anilines is 1. The average Bonchev–Trinajstić information content (AvgIpc) is 3.08. The van der Waals surface area contributed by atoms with Gasteiger partial charge in [0.15, 0.2) is 0 Å². The standard InChI is InChI=1S/C20H20N4O3S/c1-12-3-8-16-17(11-12)28-20(24-16)14-4-6-15(7-5-14)23-19(27)18(26)22-10-9-21-13(2)25/h3-8,11H,9-10H2,1-2H3,(H,21,25)(H,22,26)(H,23,27). The topological polar surface area (TPSA) is 100 Å². The summed E-state index contributed by atoms with van der Waals surface area (Å²) in [5.41, 5.74) is 3.61. The SMILES string of the molecule is CC(=O)NCCNC(=O)C(=O)Nc1ccc(-c2nc3ccc(C)cc3s2)cc1. The molecule has 3 rings (SSSR count). The van der Waals surface area contributed by atoms with Crippen molar-refractivity contribution in [1.82, 2.24) is 15.6 Å². The van der Waals surface area contributed by atoms with Crippen molar-refractivity contribution >= 4 is 45.0 Å². The lowest BCUT2D eigenvalue weighted by Gasteiger charge is -2.07. The van der Waals surface area contributed by atoms with Crippen LogP contribution in [0.5, 0.6) is 0 Å². The minimum atomic E-state index is -0.758. The summed E-state index contributed by atoms with van der Waals surface area (Å²) in [5.74, 6) is -1.70. The molecule has 2 aromatic carbocycles. The molecule has 0 radical (unpaired) electrons. The summed E-state index contributed by atoms with van der Waals surface area (Å²) in [7, 11) is 0. The molecule has 0 saturated carbocycles. The van der Waals surface area contributed by atoms with Crippen LogP contribution >= 0.6 is 11.3 Å². The highest BCUT2D eigenvalue weighted by Crippen LogP contribution is 2.31. The summed E-state index contributed by atoms with van der Waals surface area (Å²) in [4.78, 5) is 39.1. The normalized spacial score (nSPS) is 10.5. The quantitative estimate of drug-likeness (QED) is 0.456. The van der Waals surface area contributed by atoms with E-state index < -0.39 is 11.8 Å². The van der Waals surface area contributed by atoms with Gasteiger partial charge in [0.25, 0.3) is 0 Å². The van der Waals surface area contributed by atoms with Crippen LogP contribution in [-0.4, -0.2) is 35.8 Å². The van der Waals surface area contributed by atoms with Gasteiger partial charge in [-0.2, -0.15) is 0 Å². The van der Waals surface area contributed by atoms with Crippen molar-refractivity contribution in [3.63, 3.8) is 0 Å². The molecule has 1 heterocycles. The Morgan fingerprint density at radius 1 is 0.964 bits per heavy atom. The number of benzene rings is 2. The maximum atomic E-state index is 11.9. The van der Waals surface area contributed by atoms with Gasteiger partial charge in [0.05, 0.1) is 10.2 Å². The molecule has 0 aliphatic carbocycles. The highest BCUT2D eigenvalue weighted by Gasteiger charge is 2.13. The Morgan fingerprint density at radius 3 is 2.39 bits per heavy atom. The fourth-order valence-electron chi connectivity index (χ4n) is 2.53. The van der Waals surface area contributed by atoms with E-state index in [9.17, 15) is 14.4 Å². The van der Waals surface area contributed by atoms with Gasteiger partial charge in [0.1, 0.15) is 5.01 Å². The number of aryl methyl sites for hydroxylation is 1. The monoisotopic (exact) mass is 396 g/mol. The van der Waals surface area contributed by atoms with Gasteiger partial charge in [-0.25, -0.2) is 4.98 Å². The van der Waals surface area contributed by atoms with Gasteiger partial charge in [-0.15, -0.1) is 11.3 Å². The summed E-state index contributed by atoms with van der Waals surface area (Å²) in [6.45, 7) is 3.88. The molecule has 0 spiro atoms. The number of amides is 3. The Bertz CT molecular complexity index is 1030. The number of hydrogen-bond acceptors (Lipinski definition) is 5. The molecule has 0 bridgehead atoms. The molecule has 0 aliphatic rings. The van der Waals surface area contributed by atoms with Gasteiger partial charge in [0, 0.05) is 31.3 Å². The summed E-state index contributed by atoms with van der Waals surface area (Å²) in [6, 6.07) is 13.3. The van der Waals surface area contributed by atoms with E-state index in [0.717, 1.165) is 20.8 Å². The molecule has 0 saturated heterocycles. The second-order valence-corrected chi connectivity index (χ2v) is 7.29. The third-order valence-corrected chi connectivity index (χ3v) is 4.99. The van der Waals surface area contributed by atoms with E-state index in [-0.39, 0.29) is 19.0 Å². The van der Waals surface area contributed by atoms with Crippen LogP contribution in [0.3, 0.4) is 0 Å². The summed E-state index contributed by atoms with van der Waals surface area (Å²) in [5, 5.41) is 8.42. The van der Waals surface area contributed by atoms with Crippen LogP contribution in [0.4, 0.5) is 5.69 Å². The fourth-order valence-corrected chi connectivity index (χ4v) is 3.60. The number of nitrogens with zero attached hydrogens (tertiary/aromatic N) is 1. The minimum absolute atomic E-state index is 0.182. The molecular formula is C20H20N4O3S. The van der Waals surface area contributed by atoms with E-state index >= 15 is 0 Å². The van der Waals surface area contributed by atoms with Gasteiger partial charge in [-0.05, 0) is 48.9 Å². The second kappa shape index (κ2) is 8.62. The molecule has 0 aliphatic heterocycles. The highest BCUT2D eigenvalue weighted by atomic mass is 32.1. The Kier molecular flexibility index (Phi) is 6.00. The third-order valence-electron chi connectivity index (χ3n) is 3.92. The van der Waals surface area contributed by atoms with Crippen LogP contribution in [0.15, 0.2) is 42.5 Å². The van der Waals surface area contributed by atoms with Crippen LogP contribution in [0.1, 0.15) is 12.5 Å². The Balaban J connectivity index is 1.59. The van der Waals surface area contributed by atoms with Gasteiger partial charge in [0.2, 0.25) is 5.91 Å². The summed E-state index contributed by atoms with van der Waals surface area (Å²) in [6.07, 6.45) is 0. The zero-order valence-electron chi connectivity index (χ0n) is 15.5. The van der Waals surface area contributed by atoms with Crippen LogP contribution in [0.25, 0.3) is 20.8 Å². The third kappa shape index (κ3) is 4.92. The van der Waals surface area contributed by atoms with Crippen LogP contribution in [0.2, 0.25) is 0 Å². The lowest BCUT2D eigenvalue weighted by molar-refractivity contribution is -0.136. The molecule has 1 aromatic heterocycles. The Morgan fingerprint density at radius 2 is 1.68 bits per heavy atom. The van der Waals surface area contributed by atoms with Crippen LogP contribution in [0, 0.1) is 6.92 Å². The first-order valence-electron chi connectivity index (χ1n) is 8.73. The first kappa shape index (κ1) is 19.5. The molecule has 0 unspecified atom stereocenters. The van der Waals surface area contributed by atoms with E-state index in [1.165, 1.54) is 12.5 Å². The lowest BCUT2D eigenvalue weighted by atomic mass is 10.2. The summed E-state index contributed by atoms with van der Waals surface area (Å²) >= 11 is 1.61. The van der Waals surface area contributed by atoms with E-state index in [2.05, 4.69) is 27.0 Å². The largest absolute Gasteiger partial charge is 0.355 e.